The van der Waals surface area contributed by atoms with E-state index in [0.717, 1.165) is 32.2 Å². The van der Waals surface area contributed by atoms with Crippen molar-refractivity contribution in [2.45, 2.75) is 39.5 Å². The molecule has 0 atom stereocenters. The van der Waals surface area contributed by atoms with E-state index in [9.17, 15) is 0 Å². The van der Waals surface area contributed by atoms with Crippen molar-refractivity contribution >= 4 is 11.8 Å². The SMILES string of the molecule is CC/C=C\C=C/CCOCCOc1cnc(N)nc1NCCCC. The van der Waals surface area contributed by atoms with Gasteiger partial charge in [-0.2, -0.15) is 4.98 Å². The number of allylic oxidation sites excluding steroid dienone is 3. The lowest BCUT2D eigenvalue weighted by Crippen LogP contribution is -2.11. The standard InChI is InChI=1S/C18H30N4O2/c1-3-5-7-8-9-10-12-23-13-14-24-16-15-21-18(19)22-17(16)20-11-6-4-2/h5,7-9,15H,3-4,6,10-14H2,1-2H3,(H3,19,20,21,22)/b7-5-,9-8-. The van der Waals surface area contributed by atoms with E-state index in [2.05, 4.69) is 47.4 Å². The zero-order chi connectivity index (χ0) is 17.5. The zero-order valence-electron chi connectivity index (χ0n) is 14.8. The Labute approximate surface area is 145 Å². The number of rotatable bonds is 13. The van der Waals surface area contributed by atoms with Gasteiger partial charge in [0.05, 0.1) is 19.4 Å². The molecule has 0 spiro atoms. The topological polar surface area (TPSA) is 82.3 Å². The van der Waals surface area contributed by atoms with Crippen LogP contribution in [-0.2, 0) is 4.74 Å². The second-order valence-electron chi connectivity index (χ2n) is 5.24. The minimum atomic E-state index is 0.238. The molecule has 0 aromatic carbocycles. The normalized spacial score (nSPS) is 11.4. The molecule has 6 heteroatoms. The summed E-state index contributed by atoms with van der Waals surface area (Å²) in [6, 6.07) is 0. The Bertz CT molecular complexity index is 504. The van der Waals surface area contributed by atoms with Gasteiger partial charge >= 0.3 is 0 Å². The first-order chi connectivity index (χ1) is 11.8. The first-order valence-corrected chi connectivity index (χ1v) is 8.66. The van der Waals surface area contributed by atoms with Crippen LogP contribution in [0.2, 0.25) is 0 Å². The summed E-state index contributed by atoms with van der Waals surface area (Å²) in [5.41, 5.74) is 5.63. The molecular weight excluding hydrogens is 304 g/mol. The maximum atomic E-state index is 5.69. The smallest absolute Gasteiger partial charge is 0.222 e. The van der Waals surface area contributed by atoms with E-state index < -0.39 is 0 Å². The number of nitrogens with one attached hydrogen (secondary N) is 1. The molecule has 0 saturated heterocycles. The molecule has 0 aliphatic rings. The van der Waals surface area contributed by atoms with E-state index in [1.807, 2.05) is 6.08 Å². The van der Waals surface area contributed by atoms with Crippen molar-refractivity contribution < 1.29 is 9.47 Å². The van der Waals surface area contributed by atoms with Crippen LogP contribution in [0.1, 0.15) is 39.5 Å². The zero-order valence-corrected chi connectivity index (χ0v) is 14.8. The third kappa shape index (κ3) is 9.15. The number of nitrogens with zero attached hydrogens (tertiary/aromatic N) is 2. The van der Waals surface area contributed by atoms with Gasteiger partial charge in [-0.25, -0.2) is 4.98 Å². The third-order valence-electron chi connectivity index (χ3n) is 3.13. The van der Waals surface area contributed by atoms with Gasteiger partial charge in [0.1, 0.15) is 6.61 Å². The summed E-state index contributed by atoms with van der Waals surface area (Å²) < 4.78 is 11.2. The van der Waals surface area contributed by atoms with Gasteiger partial charge in [-0.05, 0) is 19.3 Å². The number of nitrogens with two attached hydrogens (primary N) is 1. The maximum absolute atomic E-state index is 5.69. The molecule has 1 aromatic rings. The third-order valence-corrected chi connectivity index (χ3v) is 3.13. The second kappa shape index (κ2) is 13.4. The Morgan fingerprint density at radius 2 is 2.00 bits per heavy atom. The predicted octanol–water partition coefficient (Wildman–Crippen LogP) is 3.58. The summed E-state index contributed by atoms with van der Waals surface area (Å²) in [4.78, 5) is 8.16. The van der Waals surface area contributed by atoms with Crippen molar-refractivity contribution in [1.29, 1.82) is 0 Å². The number of hydrogen-bond donors (Lipinski definition) is 2. The first kappa shape index (κ1) is 20.0. The molecule has 0 radical (unpaired) electrons. The fourth-order valence-electron chi connectivity index (χ4n) is 1.85. The fraction of sp³-hybridized carbons (Fsp3) is 0.556. The molecule has 134 valence electrons. The molecular formula is C18H30N4O2. The maximum Gasteiger partial charge on any atom is 0.222 e. The van der Waals surface area contributed by atoms with E-state index in [-0.39, 0.29) is 5.95 Å². The molecule has 0 fully saturated rings. The predicted molar refractivity (Wildman–Crippen MR) is 99.3 cm³/mol. The number of anilines is 2. The molecule has 0 aliphatic heterocycles. The first-order valence-electron chi connectivity index (χ1n) is 8.66. The van der Waals surface area contributed by atoms with Gasteiger partial charge in [-0.1, -0.05) is 44.6 Å². The number of unbranched alkanes of at least 4 members (excludes halogenated alkanes) is 1. The Balaban J connectivity index is 2.24. The second-order valence-corrected chi connectivity index (χ2v) is 5.24. The van der Waals surface area contributed by atoms with Crippen LogP contribution < -0.4 is 15.8 Å². The van der Waals surface area contributed by atoms with Gasteiger partial charge in [-0.15, -0.1) is 0 Å². The largest absolute Gasteiger partial charge is 0.486 e. The highest BCUT2D eigenvalue weighted by atomic mass is 16.5. The summed E-state index contributed by atoms with van der Waals surface area (Å²) >= 11 is 0. The van der Waals surface area contributed by atoms with Crippen LogP contribution in [0.4, 0.5) is 11.8 Å². The van der Waals surface area contributed by atoms with E-state index in [1.165, 1.54) is 0 Å². The van der Waals surface area contributed by atoms with Crippen LogP contribution in [0.25, 0.3) is 0 Å². The highest BCUT2D eigenvalue weighted by molar-refractivity contribution is 5.51. The Kier molecular flexibility index (Phi) is 11.1. The quantitative estimate of drug-likeness (QED) is 0.424. The summed E-state index contributed by atoms with van der Waals surface area (Å²) in [5.74, 6) is 1.48. The van der Waals surface area contributed by atoms with Crippen LogP contribution in [0.3, 0.4) is 0 Å². The molecule has 3 N–H and O–H groups in total. The van der Waals surface area contributed by atoms with Crippen LogP contribution in [0.15, 0.2) is 30.5 Å². The molecule has 0 saturated carbocycles. The molecule has 0 aliphatic carbocycles. The van der Waals surface area contributed by atoms with Crippen LogP contribution in [0, 0.1) is 0 Å². The number of hydrogen-bond acceptors (Lipinski definition) is 6. The van der Waals surface area contributed by atoms with Crippen molar-refractivity contribution in [3.05, 3.63) is 30.5 Å². The van der Waals surface area contributed by atoms with Crippen LogP contribution in [-0.4, -0.2) is 36.3 Å². The van der Waals surface area contributed by atoms with E-state index >= 15 is 0 Å². The van der Waals surface area contributed by atoms with Crippen molar-refractivity contribution in [3.8, 4) is 5.75 Å². The highest BCUT2D eigenvalue weighted by Crippen LogP contribution is 2.21. The molecule has 1 aromatic heterocycles. The van der Waals surface area contributed by atoms with Gasteiger partial charge in [0, 0.05) is 6.54 Å². The highest BCUT2D eigenvalue weighted by Gasteiger charge is 2.06. The average Bonchev–Trinajstić information content (AvgIpc) is 2.58. The van der Waals surface area contributed by atoms with Gasteiger partial charge in [0.2, 0.25) is 5.95 Å². The number of nitrogen functional groups attached to an aromatic ring is 1. The van der Waals surface area contributed by atoms with E-state index in [1.54, 1.807) is 6.20 Å². The Morgan fingerprint density at radius 1 is 1.17 bits per heavy atom. The van der Waals surface area contributed by atoms with E-state index in [4.69, 9.17) is 15.2 Å². The van der Waals surface area contributed by atoms with Gasteiger partial charge < -0.3 is 20.5 Å². The van der Waals surface area contributed by atoms with Crippen LogP contribution >= 0.6 is 0 Å². The summed E-state index contributed by atoms with van der Waals surface area (Å²) in [7, 11) is 0. The summed E-state index contributed by atoms with van der Waals surface area (Å²) in [6.07, 6.45) is 14.0. The molecule has 1 heterocycles. The summed E-state index contributed by atoms with van der Waals surface area (Å²) in [5, 5.41) is 3.23. The average molecular weight is 334 g/mol. The van der Waals surface area contributed by atoms with E-state index in [0.29, 0.717) is 31.4 Å². The fourth-order valence-corrected chi connectivity index (χ4v) is 1.85. The monoisotopic (exact) mass is 334 g/mol. The van der Waals surface area contributed by atoms with Crippen molar-refractivity contribution in [1.82, 2.24) is 9.97 Å². The van der Waals surface area contributed by atoms with Crippen molar-refractivity contribution in [3.63, 3.8) is 0 Å². The van der Waals surface area contributed by atoms with Gasteiger partial charge in [-0.3, -0.25) is 0 Å². The van der Waals surface area contributed by atoms with Crippen molar-refractivity contribution in [2.75, 3.05) is 37.4 Å². The lowest BCUT2D eigenvalue weighted by molar-refractivity contribution is 0.103. The molecule has 1 rings (SSSR count). The number of ether oxygens (including phenoxy) is 2. The Morgan fingerprint density at radius 3 is 2.79 bits per heavy atom. The Hall–Kier alpha value is -2.08. The van der Waals surface area contributed by atoms with Crippen LogP contribution in [0.5, 0.6) is 5.75 Å². The lowest BCUT2D eigenvalue weighted by atomic mass is 10.3. The molecule has 0 bridgehead atoms. The van der Waals surface area contributed by atoms with Gasteiger partial charge in [0.25, 0.3) is 0 Å². The van der Waals surface area contributed by atoms with Gasteiger partial charge in [0.15, 0.2) is 11.6 Å². The molecule has 0 amide bonds. The molecule has 0 unspecified atom stereocenters. The number of aromatic nitrogens is 2. The molecule has 6 nitrogen and oxygen atoms in total. The minimum absolute atomic E-state index is 0.238. The molecule has 24 heavy (non-hydrogen) atoms. The lowest BCUT2D eigenvalue weighted by Gasteiger charge is -2.12. The summed E-state index contributed by atoms with van der Waals surface area (Å²) in [6.45, 7) is 6.75. The minimum Gasteiger partial charge on any atom is -0.486 e. The van der Waals surface area contributed by atoms with Crippen molar-refractivity contribution in [2.24, 2.45) is 0 Å².